The van der Waals surface area contributed by atoms with Crippen molar-refractivity contribution in [2.75, 3.05) is 19.6 Å². The van der Waals surface area contributed by atoms with E-state index >= 15 is 0 Å². The molecule has 0 aromatic heterocycles. The predicted molar refractivity (Wildman–Crippen MR) is 87.0 cm³/mol. The zero-order valence-electron chi connectivity index (χ0n) is 14.4. The van der Waals surface area contributed by atoms with Crippen molar-refractivity contribution in [1.82, 2.24) is 10.2 Å². The molecular weight excluding hydrogens is 373 g/mol. The van der Waals surface area contributed by atoms with Crippen molar-refractivity contribution >= 4 is 11.8 Å². The molecule has 2 amide bonds. The number of carbonyl (C=O) groups is 2. The molecule has 0 unspecified atom stereocenters. The minimum Gasteiger partial charge on any atom is -0.352 e. The van der Waals surface area contributed by atoms with Crippen LogP contribution >= 0.6 is 0 Å². The molecule has 27 heavy (non-hydrogen) atoms. The van der Waals surface area contributed by atoms with Crippen LogP contribution in [0.25, 0.3) is 0 Å². The summed E-state index contributed by atoms with van der Waals surface area (Å²) in [5.41, 5.74) is 5.78. The quantitative estimate of drug-likeness (QED) is 0.551. The van der Waals surface area contributed by atoms with E-state index in [1.165, 1.54) is 18.2 Å². The Morgan fingerprint density at radius 1 is 1.15 bits per heavy atom. The van der Waals surface area contributed by atoms with E-state index in [9.17, 15) is 31.5 Å². The zero-order valence-corrected chi connectivity index (χ0v) is 14.4. The summed E-state index contributed by atoms with van der Waals surface area (Å²) in [7, 11) is 0. The fourth-order valence-electron chi connectivity index (χ4n) is 2.70. The molecule has 3 N–H and O–H groups in total. The van der Waals surface area contributed by atoms with Crippen molar-refractivity contribution < 1.29 is 31.5 Å². The number of halogens is 5. The number of alkyl halides is 4. The first kappa shape index (κ1) is 21.1. The highest BCUT2D eigenvalue weighted by atomic mass is 19.3. The van der Waals surface area contributed by atoms with Gasteiger partial charge in [0.25, 0.3) is 5.91 Å². The summed E-state index contributed by atoms with van der Waals surface area (Å²) in [4.78, 5) is 24.1. The number of nitrogens with one attached hydrogen (secondary N) is 1. The Hall–Kier alpha value is -2.23. The summed E-state index contributed by atoms with van der Waals surface area (Å²) in [5, 5.41) is 2.57. The minimum atomic E-state index is -4.26. The highest BCUT2D eigenvalue weighted by Gasteiger charge is 2.64. The molecule has 1 saturated heterocycles. The van der Waals surface area contributed by atoms with Gasteiger partial charge in [-0.2, -0.15) is 17.6 Å². The minimum absolute atomic E-state index is 0.0995. The Morgan fingerprint density at radius 3 is 2.37 bits per heavy atom. The van der Waals surface area contributed by atoms with Gasteiger partial charge in [0.1, 0.15) is 5.82 Å². The van der Waals surface area contributed by atoms with Gasteiger partial charge in [0.05, 0.1) is 19.1 Å². The molecule has 1 aliphatic heterocycles. The standard InChI is InChI=1S/C17H20F5N3O2/c18-12-5-3-4-11(8-12)14(26)24-7-2-1-6-13(23)15(27)25-9-16(19,20)17(21,22)10-25/h3-5,8,13H,1-2,6-7,9-10,23H2,(H,24,26)/t13-/m0/s1. The molecule has 1 atom stereocenters. The lowest BCUT2D eigenvalue weighted by Crippen LogP contribution is -2.43. The third-order valence-corrected chi connectivity index (χ3v) is 4.26. The Balaban J connectivity index is 1.70. The topological polar surface area (TPSA) is 75.4 Å². The zero-order chi connectivity index (χ0) is 20.2. The number of nitrogens with zero attached hydrogens (tertiary/aromatic N) is 1. The maximum absolute atomic E-state index is 13.1. The van der Waals surface area contributed by atoms with Crippen molar-refractivity contribution in [3.8, 4) is 0 Å². The summed E-state index contributed by atoms with van der Waals surface area (Å²) < 4.78 is 65.6. The van der Waals surface area contributed by atoms with E-state index in [4.69, 9.17) is 5.73 Å². The lowest BCUT2D eigenvalue weighted by atomic mass is 10.1. The maximum Gasteiger partial charge on any atom is 0.329 e. The van der Waals surface area contributed by atoms with Gasteiger partial charge in [-0.15, -0.1) is 0 Å². The van der Waals surface area contributed by atoms with Gasteiger partial charge in [0.15, 0.2) is 0 Å². The fourth-order valence-corrected chi connectivity index (χ4v) is 2.70. The van der Waals surface area contributed by atoms with Crippen molar-refractivity contribution in [1.29, 1.82) is 0 Å². The largest absolute Gasteiger partial charge is 0.352 e. The van der Waals surface area contributed by atoms with Gasteiger partial charge >= 0.3 is 11.8 Å². The maximum atomic E-state index is 13.1. The molecule has 1 heterocycles. The van der Waals surface area contributed by atoms with E-state index in [2.05, 4.69) is 5.32 Å². The van der Waals surface area contributed by atoms with E-state index in [-0.39, 0.29) is 18.5 Å². The Labute approximate surface area is 152 Å². The van der Waals surface area contributed by atoms with Gasteiger partial charge < -0.3 is 16.0 Å². The van der Waals surface area contributed by atoms with E-state index in [1.807, 2.05) is 0 Å². The molecule has 1 aromatic rings. The lowest BCUT2D eigenvalue weighted by molar-refractivity contribution is -0.172. The van der Waals surface area contributed by atoms with Crippen molar-refractivity contribution in [2.24, 2.45) is 5.73 Å². The number of carbonyl (C=O) groups excluding carboxylic acids is 2. The molecule has 5 nitrogen and oxygen atoms in total. The van der Waals surface area contributed by atoms with Gasteiger partial charge in [-0.25, -0.2) is 4.39 Å². The van der Waals surface area contributed by atoms with Crippen LogP contribution in [0.2, 0.25) is 0 Å². The summed E-state index contributed by atoms with van der Waals surface area (Å²) in [6, 6.07) is 3.98. The molecule has 1 fully saturated rings. The van der Waals surface area contributed by atoms with Crippen molar-refractivity contribution in [3.05, 3.63) is 35.6 Å². The van der Waals surface area contributed by atoms with E-state index < -0.39 is 48.6 Å². The highest BCUT2D eigenvalue weighted by Crippen LogP contribution is 2.41. The number of amides is 2. The first-order chi connectivity index (χ1) is 12.5. The van der Waals surface area contributed by atoms with Gasteiger partial charge in [-0.1, -0.05) is 6.07 Å². The van der Waals surface area contributed by atoms with Crippen LogP contribution in [-0.2, 0) is 4.79 Å². The number of hydrogen-bond acceptors (Lipinski definition) is 3. The summed E-state index contributed by atoms with van der Waals surface area (Å²) in [5.74, 6) is -10.5. The molecular formula is C17H20F5N3O2. The molecule has 1 aliphatic rings. The number of nitrogens with two attached hydrogens (primary N) is 1. The molecule has 1 aromatic carbocycles. The SMILES string of the molecule is N[C@@H](CCCCNC(=O)c1cccc(F)c1)C(=O)N1CC(F)(F)C(F)(F)C1. The van der Waals surface area contributed by atoms with Crippen molar-refractivity contribution in [2.45, 2.75) is 37.1 Å². The first-order valence-corrected chi connectivity index (χ1v) is 8.37. The third kappa shape index (κ3) is 5.15. The Bertz CT molecular complexity index is 683. The van der Waals surface area contributed by atoms with Crippen LogP contribution in [0, 0.1) is 5.82 Å². The number of rotatable bonds is 7. The van der Waals surface area contributed by atoms with Gasteiger partial charge in [0.2, 0.25) is 5.91 Å². The molecule has 10 heteroatoms. The first-order valence-electron chi connectivity index (χ1n) is 8.37. The van der Waals surface area contributed by atoms with Crippen LogP contribution in [0.15, 0.2) is 24.3 Å². The van der Waals surface area contributed by atoms with E-state index in [0.29, 0.717) is 17.7 Å². The summed E-state index contributed by atoms with van der Waals surface area (Å²) >= 11 is 0. The molecule has 0 saturated carbocycles. The number of hydrogen-bond donors (Lipinski definition) is 2. The molecule has 2 rings (SSSR count). The smallest absolute Gasteiger partial charge is 0.329 e. The monoisotopic (exact) mass is 393 g/mol. The second-order valence-electron chi connectivity index (χ2n) is 6.47. The number of benzene rings is 1. The molecule has 150 valence electrons. The third-order valence-electron chi connectivity index (χ3n) is 4.26. The average molecular weight is 393 g/mol. The highest BCUT2D eigenvalue weighted by molar-refractivity contribution is 5.94. The summed E-state index contributed by atoms with van der Waals surface area (Å²) in [6.07, 6.45) is 0.896. The Kier molecular flexibility index (Phi) is 6.40. The van der Waals surface area contributed by atoms with E-state index in [1.54, 1.807) is 0 Å². The van der Waals surface area contributed by atoms with Gasteiger partial charge in [0, 0.05) is 12.1 Å². The number of likely N-dealkylation sites (tertiary alicyclic amines) is 1. The Morgan fingerprint density at radius 2 is 1.78 bits per heavy atom. The predicted octanol–water partition coefficient (Wildman–Crippen LogP) is 2.17. The van der Waals surface area contributed by atoms with Crippen molar-refractivity contribution in [3.63, 3.8) is 0 Å². The van der Waals surface area contributed by atoms with Crippen LogP contribution < -0.4 is 11.1 Å². The molecule has 0 aliphatic carbocycles. The van der Waals surface area contributed by atoms with Crippen LogP contribution in [0.1, 0.15) is 29.6 Å². The molecule has 0 radical (unpaired) electrons. The van der Waals surface area contributed by atoms with Crippen LogP contribution in [0.4, 0.5) is 22.0 Å². The van der Waals surface area contributed by atoms with Gasteiger partial charge in [-0.3, -0.25) is 9.59 Å². The second kappa shape index (κ2) is 8.20. The lowest BCUT2D eigenvalue weighted by Gasteiger charge is -2.19. The molecule has 0 bridgehead atoms. The number of unbranched alkanes of at least 4 members (excludes halogenated alkanes) is 1. The average Bonchev–Trinajstić information content (AvgIpc) is 2.81. The van der Waals surface area contributed by atoms with Crippen LogP contribution in [0.3, 0.4) is 0 Å². The van der Waals surface area contributed by atoms with Gasteiger partial charge in [-0.05, 0) is 37.5 Å². The van der Waals surface area contributed by atoms with Crippen LogP contribution in [-0.4, -0.2) is 54.2 Å². The fraction of sp³-hybridized carbons (Fsp3) is 0.529. The second-order valence-corrected chi connectivity index (χ2v) is 6.47. The van der Waals surface area contributed by atoms with Crippen LogP contribution in [0.5, 0.6) is 0 Å². The van der Waals surface area contributed by atoms with E-state index in [0.717, 1.165) is 6.07 Å². The normalized spacial score (nSPS) is 19.0. The summed E-state index contributed by atoms with van der Waals surface area (Å²) in [6.45, 7) is -2.47. The molecule has 0 spiro atoms.